The van der Waals surface area contributed by atoms with Gasteiger partial charge in [0.1, 0.15) is 17.4 Å². The summed E-state index contributed by atoms with van der Waals surface area (Å²) < 4.78 is 5.47. The van der Waals surface area contributed by atoms with Crippen LogP contribution in [0.25, 0.3) is 0 Å². The fraction of sp³-hybridized carbons (Fsp3) is 0.522. The van der Waals surface area contributed by atoms with Gasteiger partial charge in [-0.1, -0.05) is 12.1 Å². The number of ether oxygens (including phenoxy) is 1. The molecule has 3 aliphatic heterocycles. The number of hydrogen-bond acceptors (Lipinski definition) is 6. The molecule has 1 fully saturated rings. The predicted octanol–water partition coefficient (Wildman–Crippen LogP) is 2.11. The second kappa shape index (κ2) is 7.90. The van der Waals surface area contributed by atoms with Gasteiger partial charge >= 0.3 is 5.97 Å². The molecule has 1 aromatic carbocycles. The fourth-order valence-electron chi connectivity index (χ4n) is 4.37. The molecule has 0 saturated carbocycles. The number of carbonyl (C=O) groups excluding carboxylic acids is 4. The third-order valence-corrected chi connectivity index (χ3v) is 5.87. The minimum atomic E-state index is -0.623. The molecule has 2 unspecified atom stereocenters. The normalized spacial score (nSPS) is 23.9. The van der Waals surface area contributed by atoms with Crippen LogP contribution in [0, 0.1) is 0 Å². The number of nitrogens with zero attached hydrogens (tertiary/aromatic N) is 2. The first kappa shape index (κ1) is 21.2. The van der Waals surface area contributed by atoms with Gasteiger partial charge in [-0.2, -0.15) is 0 Å². The van der Waals surface area contributed by atoms with E-state index in [2.05, 4.69) is 10.3 Å². The van der Waals surface area contributed by atoms with Gasteiger partial charge in [-0.05, 0) is 56.7 Å². The highest BCUT2D eigenvalue weighted by atomic mass is 16.6. The van der Waals surface area contributed by atoms with Crippen molar-refractivity contribution >= 4 is 29.4 Å². The summed E-state index contributed by atoms with van der Waals surface area (Å²) in [4.78, 5) is 54.9. The topological polar surface area (TPSA) is 105 Å². The number of amides is 3. The number of nitrogens with one attached hydrogen (secondary N) is 1. The lowest BCUT2D eigenvalue weighted by Crippen LogP contribution is -2.52. The molecule has 8 heteroatoms. The summed E-state index contributed by atoms with van der Waals surface area (Å²) in [5, 5.41) is 2.32. The largest absolute Gasteiger partial charge is 0.455 e. The van der Waals surface area contributed by atoms with Gasteiger partial charge in [0.05, 0.1) is 0 Å². The van der Waals surface area contributed by atoms with Crippen molar-refractivity contribution in [3.8, 4) is 0 Å². The molecule has 3 heterocycles. The Bertz CT molecular complexity index is 991. The Morgan fingerprint density at radius 1 is 1.19 bits per heavy atom. The van der Waals surface area contributed by atoms with Crippen molar-refractivity contribution in [2.75, 3.05) is 6.54 Å². The average molecular weight is 425 g/mol. The molecule has 3 aliphatic rings. The number of piperidine rings is 1. The first-order valence-corrected chi connectivity index (χ1v) is 10.7. The van der Waals surface area contributed by atoms with Gasteiger partial charge in [-0.15, -0.1) is 0 Å². The standard InChI is InChI=1S/C23H27N3O5/c1-23(2,3)31-22(30)17-11-14(8-9-24-17)13-4-5-16-15(10-13)12-26(21(16)29)18-6-7-19(27)25-20(18)28/h4-5,10,14,18H,6-9,11-12H2,1-3H3,(H,25,27,28). The number of imide groups is 1. The zero-order valence-corrected chi connectivity index (χ0v) is 18.1. The lowest BCUT2D eigenvalue weighted by molar-refractivity contribution is -0.146. The molecule has 8 nitrogen and oxygen atoms in total. The van der Waals surface area contributed by atoms with E-state index in [1.807, 2.05) is 32.9 Å². The van der Waals surface area contributed by atoms with Crippen molar-refractivity contribution < 1.29 is 23.9 Å². The van der Waals surface area contributed by atoms with Crippen molar-refractivity contribution in [2.24, 2.45) is 4.99 Å². The lowest BCUT2D eigenvalue weighted by Gasteiger charge is -2.29. The van der Waals surface area contributed by atoms with Gasteiger partial charge < -0.3 is 9.64 Å². The van der Waals surface area contributed by atoms with Crippen LogP contribution in [0.4, 0.5) is 0 Å². The van der Waals surface area contributed by atoms with Gasteiger partial charge in [0.2, 0.25) is 11.8 Å². The van der Waals surface area contributed by atoms with E-state index < -0.39 is 17.6 Å². The SMILES string of the molecule is CC(C)(C)OC(=O)C1=NCCC(c2ccc3c(c2)CN(C2CCC(=O)NC2=O)C3=O)C1. The maximum Gasteiger partial charge on any atom is 0.352 e. The van der Waals surface area contributed by atoms with Crippen LogP contribution in [0.3, 0.4) is 0 Å². The first-order valence-electron chi connectivity index (χ1n) is 10.7. The van der Waals surface area contributed by atoms with Crippen molar-refractivity contribution in [1.29, 1.82) is 0 Å². The highest BCUT2D eigenvalue weighted by Crippen LogP contribution is 2.33. The zero-order valence-electron chi connectivity index (χ0n) is 18.1. The molecule has 0 spiro atoms. The van der Waals surface area contributed by atoms with E-state index in [-0.39, 0.29) is 30.1 Å². The summed E-state index contributed by atoms with van der Waals surface area (Å²) in [6, 6.07) is 5.11. The lowest BCUT2D eigenvalue weighted by atomic mass is 9.87. The monoisotopic (exact) mass is 425 g/mol. The van der Waals surface area contributed by atoms with Crippen molar-refractivity contribution in [3.05, 3.63) is 34.9 Å². The van der Waals surface area contributed by atoms with E-state index in [1.54, 1.807) is 11.0 Å². The molecule has 164 valence electrons. The van der Waals surface area contributed by atoms with Crippen molar-refractivity contribution in [1.82, 2.24) is 10.2 Å². The van der Waals surface area contributed by atoms with Gasteiger partial charge in [-0.25, -0.2) is 4.79 Å². The molecule has 0 aromatic heterocycles. The highest BCUT2D eigenvalue weighted by molar-refractivity contribution is 6.36. The Labute approximate surface area is 181 Å². The van der Waals surface area contributed by atoms with Gasteiger partial charge in [-0.3, -0.25) is 24.7 Å². The van der Waals surface area contributed by atoms with E-state index in [9.17, 15) is 19.2 Å². The van der Waals surface area contributed by atoms with E-state index in [0.29, 0.717) is 37.2 Å². The van der Waals surface area contributed by atoms with Crippen LogP contribution in [0.2, 0.25) is 0 Å². The van der Waals surface area contributed by atoms with Crippen LogP contribution in [0.1, 0.15) is 73.9 Å². The summed E-state index contributed by atoms with van der Waals surface area (Å²) in [6.07, 6.45) is 1.89. The smallest absolute Gasteiger partial charge is 0.352 e. The van der Waals surface area contributed by atoms with Crippen LogP contribution in [-0.4, -0.2) is 52.5 Å². The Hall–Kier alpha value is -3.03. The molecule has 0 radical (unpaired) electrons. The molecule has 1 saturated heterocycles. The number of fused-ring (bicyclic) bond motifs is 1. The summed E-state index contributed by atoms with van der Waals surface area (Å²) in [5.41, 5.74) is 2.39. The Morgan fingerprint density at radius 2 is 1.97 bits per heavy atom. The van der Waals surface area contributed by atoms with Crippen molar-refractivity contribution in [3.63, 3.8) is 0 Å². The average Bonchev–Trinajstić information content (AvgIpc) is 3.02. The van der Waals surface area contributed by atoms with Gasteiger partial charge in [0.25, 0.3) is 5.91 Å². The maximum atomic E-state index is 12.9. The highest BCUT2D eigenvalue weighted by Gasteiger charge is 2.39. The molecule has 31 heavy (non-hydrogen) atoms. The van der Waals surface area contributed by atoms with Gasteiger partial charge in [0, 0.05) is 31.5 Å². The maximum absolute atomic E-state index is 12.9. The third-order valence-electron chi connectivity index (χ3n) is 5.87. The van der Waals surface area contributed by atoms with E-state index in [1.165, 1.54) is 0 Å². The molecular weight excluding hydrogens is 398 g/mol. The van der Waals surface area contributed by atoms with Crippen LogP contribution in [-0.2, 0) is 25.7 Å². The number of rotatable bonds is 3. The molecule has 1 aromatic rings. The minimum Gasteiger partial charge on any atom is -0.455 e. The number of hydrogen-bond donors (Lipinski definition) is 1. The van der Waals surface area contributed by atoms with E-state index in [0.717, 1.165) is 17.5 Å². The summed E-state index contributed by atoms with van der Waals surface area (Å²) >= 11 is 0. The van der Waals surface area contributed by atoms with Crippen LogP contribution < -0.4 is 5.32 Å². The number of benzene rings is 1. The van der Waals surface area contributed by atoms with E-state index in [4.69, 9.17) is 4.74 Å². The van der Waals surface area contributed by atoms with Crippen LogP contribution in [0.15, 0.2) is 23.2 Å². The Morgan fingerprint density at radius 3 is 2.68 bits per heavy atom. The third kappa shape index (κ3) is 4.38. The van der Waals surface area contributed by atoms with Gasteiger partial charge in [0.15, 0.2) is 0 Å². The molecule has 2 atom stereocenters. The molecule has 4 rings (SSSR count). The summed E-state index contributed by atoms with van der Waals surface area (Å²) in [5.74, 6) is -1.16. The second-order valence-electron chi connectivity index (χ2n) is 9.34. The first-order chi connectivity index (χ1) is 14.6. The molecule has 1 N–H and O–H groups in total. The second-order valence-corrected chi connectivity index (χ2v) is 9.34. The quantitative estimate of drug-likeness (QED) is 0.590. The van der Waals surface area contributed by atoms with Crippen molar-refractivity contribution in [2.45, 2.75) is 70.6 Å². The summed E-state index contributed by atoms with van der Waals surface area (Å²) in [7, 11) is 0. The molecule has 0 bridgehead atoms. The molecule has 3 amide bonds. The summed E-state index contributed by atoms with van der Waals surface area (Å²) in [6.45, 7) is 6.39. The predicted molar refractivity (Wildman–Crippen MR) is 113 cm³/mol. The Balaban J connectivity index is 1.49. The number of carbonyl (C=O) groups is 4. The number of aliphatic imine (C=N–C) groups is 1. The van der Waals surface area contributed by atoms with E-state index >= 15 is 0 Å². The fourth-order valence-corrected chi connectivity index (χ4v) is 4.37. The van der Waals surface area contributed by atoms with Crippen LogP contribution in [0.5, 0.6) is 0 Å². The molecular formula is C23H27N3O5. The number of esters is 1. The zero-order chi connectivity index (χ0) is 22.3. The Kier molecular flexibility index (Phi) is 5.41. The minimum absolute atomic E-state index is 0.116. The molecule has 0 aliphatic carbocycles. The van der Waals surface area contributed by atoms with Crippen LogP contribution >= 0.6 is 0 Å².